The van der Waals surface area contributed by atoms with Crippen molar-refractivity contribution in [1.29, 1.82) is 0 Å². The van der Waals surface area contributed by atoms with Crippen molar-refractivity contribution < 1.29 is 4.74 Å². The Balaban J connectivity index is 2.68. The molecular weight excluding hydrogens is 224 g/mol. The Bertz CT molecular complexity index is 223. The van der Waals surface area contributed by atoms with E-state index in [9.17, 15) is 0 Å². The Hall–Kier alpha value is -0.120. The fraction of sp³-hybridized carbons (Fsp3) is 1.00. The van der Waals surface area contributed by atoms with Crippen molar-refractivity contribution in [2.45, 2.75) is 65.1 Å². The predicted octanol–water partition coefficient (Wildman–Crippen LogP) is 2.51. The molecule has 1 aliphatic heterocycles. The number of hydrogen-bond acceptors (Lipinski definition) is 3. The molecule has 1 aliphatic rings. The number of ether oxygens (including phenoxy) is 1. The van der Waals surface area contributed by atoms with Gasteiger partial charge in [-0.05, 0) is 18.8 Å². The van der Waals surface area contributed by atoms with Crippen LogP contribution in [0.25, 0.3) is 0 Å². The third-order valence-electron chi connectivity index (χ3n) is 4.59. The van der Waals surface area contributed by atoms with Crippen LogP contribution in [0.1, 0.15) is 47.0 Å². The summed E-state index contributed by atoms with van der Waals surface area (Å²) in [5.74, 6) is 0.755. The molecule has 0 amide bonds. The minimum Gasteiger partial charge on any atom is -0.383 e. The number of nitrogens with zero attached hydrogens (tertiary/aromatic N) is 1. The quantitative estimate of drug-likeness (QED) is 0.757. The molecule has 108 valence electrons. The zero-order valence-corrected chi connectivity index (χ0v) is 12.9. The molecular formula is C15H32N2O. The Labute approximate surface area is 113 Å². The molecule has 0 spiro atoms. The Kier molecular flexibility index (Phi) is 7.20. The normalized spacial score (nSPS) is 29.2. The molecule has 4 unspecified atom stereocenters. The second-order valence-electron chi connectivity index (χ2n) is 5.68. The molecule has 0 bridgehead atoms. The van der Waals surface area contributed by atoms with Crippen molar-refractivity contribution in [3.63, 3.8) is 0 Å². The molecule has 3 nitrogen and oxygen atoms in total. The maximum atomic E-state index is 5.40. The highest BCUT2D eigenvalue weighted by Crippen LogP contribution is 2.20. The number of hydrogen-bond donors (Lipinski definition) is 1. The van der Waals surface area contributed by atoms with Crippen LogP contribution in [0.5, 0.6) is 0 Å². The van der Waals surface area contributed by atoms with Gasteiger partial charge in [0.15, 0.2) is 0 Å². The summed E-state index contributed by atoms with van der Waals surface area (Å²) in [6, 6.07) is 1.89. The molecule has 1 heterocycles. The van der Waals surface area contributed by atoms with Crippen molar-refractivity contribution in [2.75, 3.05) is 26.8 Å². The number of nitrogens with one attached hydrogen (secondary N) is 1. The van der Waals surface area contributed by atoms with Crippen molar-refractivity contribution >= 4 is 0 Å². The predicted molar refractivity (Wildman–Crippen MR) is 78.0 cm³/mol. The SMILES string of the molecule is CCC(C)C1CN(C(CC)COC)C(CC)CN1. The van der Waals surface area contributed by atoms with Crippen molar-refractivity contribution in [1.82, 2.24) is 10.2 Å². The first kappa shape index (κ1) is 15.9. The standard InChI is InChI=1S/C15H32N2O/c1-6-12(4)15-10-17(13(7-2)9-16-15)14(8-3)11-18-5/h12-16H,6-11H2,1-5H3. The molecule has 0 aliphatic carbocycles. The lowest BCUT2D eigenvalue weighted by Crippen LogP contribution is -2.61. The van der Waals surface area contributed by atoms with Gasteiger partial charge in [-0.25, -0.2) is 0 Å². The Morgan fingerprint density at radius 1 is 1.28 bits per heavy atom. The van der Waals surface area contributed by atoms with Gasteiger partial charge in [-0.3, -0.25) is 4.90 Å². The van der Waals surface area contributed by atoms with Gasteiger partial charge in [-0.15, -0.1) is 0 Å². The highest BCUT2D eigenvalue weighted by Gasteiger charge is 2.32. The van der Waals surface area contributed by atoms with Crippen LogP contribution in [0.3, 0.4) is 0 Å². The second-order valence-corrected chi connectivity index (χ2v) is 5.68. The van der Waals surface area contributed by atoms with E-state index < -0.39 is 0 Å². The van der Waals surface area contributed by atoms with Gasteiger partial charge in [0.05, 0.1) is 6.61 Å². The zero-order chi connectivity index (χ0) is 13.5. The maximum Gasteiger partial charge on any atom is 0.0618 e. The summed E-state index contributed by atoms with van der Waals surface area (Å²) >= 11 is 0. The van der Waals surface area contributed by atoms with Gasteiger partial charge in [0.25, 0.3) is 0 Å². The first-order valence-electron chi connectivity index (χ1n) is 7.65. The number of methoxy groups -OCH3 is 1. The topological polar surface area (TPSA) is 24.5 Å². The largest absolute Gasteiger partial charge is 0.383 e. The molecule has 3 heteroatoms. The highest BCUT2D eigenvalue weighted by atomic mass is 16.5. The lowest BCUT2D eigenvalue weighted by molar-refractivity contribution is 0.0218. The van der Waals surface area contributed by atoms with Crippen LogP contribution in [0.4, 0.5) is 0 Å². The molecule has 18 heavy (non-hydrogen) atoms. The average molecular weight is 256 g/mol. The molecule has 4 atom stereocenters. The lowest BCUT2D eigenvalue weighted by Gasteiger charge is -2.45. The van der Waals surface area contributed by atoms with Crippen LogP contribution in [0, 0.1) is 5.92 Å². The minimum absolute atomic E-state index is 0.577. The van der Waals surface area contributed by atoms with E-state index in [1.165, 1.54) is 25.8 Å². The second kappa shape index (κ2) is 8.13. The highest BCUT2D eigenvalue weighted by molar-refractivity contribution is 4.90. The summed E-state index contributed by atoms with van der Waals surface area (Å²) in [4.78, 5) is 2.69. The van der Waals surface area contributed by atoms with Crippen LogP contribution in [0.15, 0.2) is 0 Å². The third-order valence-corrected chi connectivity index (χ3v) is 4.59. The van der Waals surface area contributed by atoms with E-state index in [0.717, 1.165) is 19.1 Å². The van der Waals surface area contributed by atoms with E-state index in [-0.39, 0.29) is 0 Å². The van der Waals surface area contributed by atoms with Crippen molar-refractivity contribution in [2.24, 2.45) is 5.92 Å². The summed E-state index contributed by atoms with van der Waals surface area (Å²) in [7, 11) is 1.82. The molecule has 1 fully saturated rings. The summed E-state index contributed by atoms with van der Waals surface area (Å²) in [5, 5.41) is 3.74. The summed E-state index contributed by atoms with van der Waals surface area (Å²) in [6.07, 6.45) is 3.65. The summed E-state index contributed by atoms with van der Waals surface area (Å²) in [6.45, 7) is 12.4. The fourth-order valence-electron chi connectivity index (χ4n) is 2.98. The van der Waals surface area contributed by atoms with Crippen LogP contribution in [-0.2, 0) is 4.74 Å². The smallest absolute Gasteiger partial charge is 0.0618 e. The third kappa shape index (κ3) is 3.94. The first-order chi connectivity index (χ1) is 8.67. The summed E-state index contributed by atoms with van der Waals surface area (Å²) < 4.78 is 5.40. The average Bonchev–Trinajstić information content (AvgIpc) is 2.43. The van der Waals surface area contributed by atoms with Crippen LogP contribution < -0.4 is 5.32 Å². The molecule has 0 aromatic carbocycles. The van der Waals surface area contributed by atoms with E-state index >= 15 is 0 Å². The van der Waals surface area contributed by atoms with E-state index in [1.807, 2.05) is 7.11 Å². The minimum atomic E-state index is 0.577. The molecule has 0 radical (unpaired) electrons. The zero-order valence-electron chi connectivity index (χ0n) is 12.9. The van der Waals surface area contributed by atoms with E-state index in [4.69, 9.17) is 4.74 Å². The Morgan fingerprint density at radius 3 is 2.50 bits per heavy atom. The lowest BCUT2D eigenvalue weighted by atomic mass is 9.93. The molecule has 1 N–H and O–H groups in total. The molecule has 1 saturated heterocycles. The van der Waals surface area contributed by atoms with Crippen LogP contribution in [-0.4, -0.2) is 49.8 Å². The number of piperazine rings is 1. The molecule has 0 aromatic rings. The van der Waals surface area contributed by atoms with Crippen molar-refractivity contribution in [3.8, 4) is 0 Å². The number of rotatable bonds is 7. The van der Waals surface area contributed by atoms with Gasteiger partial charge in [0, 0.05) is 38.3 Å². The van der Waals surface area contributed by atoms with Gasteiger partial charge in [0.1, 0.15) is 0 Å². The van der Waals surface area contributed by atoms with Gasteiger partial charge in [-0.1, -0.05) is 34.1 Å². The fourth-order valence-corrected chi connectivity index (χ4v) is 2.98. The van der Waals surface area contributed by atoms with E-state index in [2.05, 4.69) is 37.9 Å². The van der Waals surface area contributed by atoms with Crippen LogP contribution >= 0.6 is 0 Å². The maximum absolute atomic E-state index is 5.40. The van der Waals surface area contributed by atoms with Gasteiger partial charge >= 0.3 is 0 Å². The van der Waals surface area contributed by atoms with E-state index in [0.29, 0.717) is 18.1 Å². The van der Waals surface area contributed by atoms with E-state index in [1.54, 1.807) is 0 Å². The molecule has 0 saturated carbocycles. The van der Waals surface area contributed by atoms with Gasteiger partial charge in [-0.2, -0.15) is 0 Å². The van der Waals surface area contributed by atoms with Gasteiger partial charge in [0.2, 0.25) is 0 Å². The van der Waals surface area contributed by atoms with Crippen molar-refractivity contribution in [3.05, 3.63) is 0 Å². The molecule has 0 aromatic heterocycles. The Morgan fingerprint density at radius 2 is 2.00 bits per heavy atom. The van der Waals surface area contributed by atoms with Gasteiger partial charge < -0.3 is 10.1 Å². The first-order valence-corrected chi connectivity index (χ1v) is 7.65. The van der Waals surface area contributed by atoms with Crippen LogP contribution in [0.2, 0.25) is 0 Å². The molecule has 1 rings (SSSR count). The monoisotopic (exact) mass is 256 g/mol. The summed E-state index contributed by atoms with van der Waals surface area (Å²) in [5.41, 5.74) is 0.